The molecule has 1 saturated heterocycles. The fraction of sp³-hybridized carbons (Fsp3) is 0.824. The van der Waals surface area contributed by atoms with E-state index in [1.165, 1.54) is 6.08 Å². The zero-order chi connectivity index (χ0) is 16.3. The number of aliphatic hydroxyl groups excluding tert-OH is 1. The number of ether oxygens (including phenoxy) is 1. The van der Waals surface area contributed by atoms with Crippen LogP contribution in [0.4, 0.5) is 0 Å². The summed E-state index contributed by atoms with van der Waals surface area (Å²) in [4.78, 5) is 13.7. The van der Waals surface area contributed by atoms with E-state index in [1.54, 1.807) is 13.0 Å². The van der Waals surface area contributed by atoms with E-state index in [2.05, 4.69) is 39.6 Å². The average molecular weight is 297 g/mol. The molecule has 0 bridgehead atoms. The van der Waals surface area contributed by atoms with Crippen LogP contribution in [0.15, 0.2) is 12.2 Å². The van der Waals surface area contributed by atoms with Crippen LogP contribution in [0, 0.1) is 5.92 Å². The van der Waals surface area contributed by atoms with Crippen LogP contribution in [0.3, 0.4) is 0 Å². The van der Waals surface area contributed by atoms with Crippen molar-refractivity contribution in [1.82, 2.24) is 4.90 Å². The summed E-state index contributed by atoms with van der Waals surface area (Å²) in [5, 5.41) is 10.1. The molecule has 1 rings (SSSR count). The van der Waals surface area contributed by atoms with Crippen molar-refractivity contribution in [3.05, 3.63) is 12.2 Å². The SMILES string of the molecule is CC=CC(=O)OCC(O)CC1CC(C)(C)N(C)C(C)(C)C1. The highest BCUT2D eigenvalue weighted by Gasteiger charge is 2.43. The number of allylic oxidation sites excluding steroid dienone is 1. The molecule has 4 nitrogen and oxygen atoms in total. The molecule has 1 atom stereocenters. The van der Waals surface area contributed by atoms with Gasteiger partial charge in [0.15, 0.2) is 0 Å². The van der Waals surface area contributed by atoms with Crippen molar-refractivity contribution < 1.29 is 14.6 Å². The second kappa shape index (κ2) is 6.93. The average Bonchev–Trinajstić information content (AvgIpc) is 2.33. The standard InChI is InChI=1S/C17H31NO3/c1-7-8-15(20)21-12-14(19)9-13-10-16(2,3)18(6)17(4,5)11-13/h7-8,13-14,19H,9-12H2,1-6H3. The van der Waals surface area contributed by atoms with Crippen molar-refractivity contribution in [3.63, 3.8) is 0 Å². The van der Waals surface area contributed by atoms with Gasteiger partial charge in [-0.1, -0.05) is 6.08 Å². The Kier molecular flexibility index (Phi) is 6.00. The van der Waals surface area contributed by atoms with Gasteiger partial charge in [0.05, 0.1) is 6.10 Å². The van der Waals surface area contributed by atoms with Crippen LogP contribution in [0.1, 0.15) is 53.9 Å². The maximum atomic E-state index is 11.3. The summed E-state index contributed by atoms with van der Waals surface area (Å²) in [5.74, 6) is 0.0576. The number of nitrogens with zero attached hydrogens (tertiary/aromatic N) is 1. The van der Waals surface area contributed by atoms with Gasteiger partial charge in [0, 0.05) is 17.2 Å². The number of hydrogen-bond acceptors (Lipinski definition) is 4. The first-order chi connectivity index (χ1) is 9.58. The van der Waals surface area contributed by atoms with E-state index in [1.807, 2.05) is 0 Å². The molecule has 1 unspecified atom stereocenters. The Labute approximate surface area is 129 Å². The quantitative estimate of drug-likeness (QED) is 0.626. The van der Waals surface area contributed by atoms with Crippen molar-refractivity contribution in [2.24, 2.45) is 5.92 Å². The zero-order valence-corrected chi connectivity index (χ0v) is 14.3. The lowest BCUT2D eigenvalue weighted by Crippen LogP contribution is -2.58. The van der Waals surface area contributed by atoms with E-state index >= 15 is 0 Å². The van der Waals surface area contributed by atoms with Gasteiger partial charge in [0.1, 0.15) is 6.61 Å². The Bertz CT molecular complexity index is 369. The molecule has 1 aliphatic heterocycles. The molecule has 0 aromatic heterocycles. The number of rotatable bonds is 5. The lowest BCUT2D eigenvalue weighted by atomic mass is 9.72. The van der Waals surface area contributed by atoms with Gasteiger partial charge in [-0.15, -0.1) is 0 Å². The summed E-state index contributed by atoms with van der Waals surface area (Å²) >= 11 is 0. The molecule has 0 aromatic carbocycles. The third kappa shape index (κ3) is 5.11. The number of likely N-dealkylation sites (tertiary alicyclic amines) is 1. The smallest absolute Gasteiger partial charge is 0.330 e. The minimum Gasteiger partial charge on any atom is -0.460 e. The zero-order valence-electron chi connectivity index (χ0n) is 14.3. The molecular formula is C17H31NO3. The Morgan fingerprint density at radius 1 is 1.33 bits per heavy atom. The van der Waals surface area contributed by atoms with Gasteiger partial charge >= 0.3 is 5.97 Å². The molecule has 4 heteroatoms. The fourth-order valence-electron chi connectivity index (χ4n) is 3.56. The van der Waals surface area contributed by atoms with Crippen LogP contribution in [-0.2, 0) is 9.53 Å². The van der Waals surface area contributed by atoms with E-state index in [0.29, 0.717) is 12.3 Å². The summed E-state index contributed by atoms with van der Waals surface area (Å²) in [5.41, 5.74) is 0.238. The molecule has 21 heavy (non-hydrogen) atoms. The van der Waals surface area contributed by atoms with Gasteiger partial charge in [-0.2, -0.15) is 0 Å². The van der Waals surface area contributed by atoms with E-state index < -0.39 is 6.10 Å². The van der Waals surface area contributed by atoms with Gasteiger partial charge in [-0.05, 0) is 66.8 Å². The first-order valence-electron chi connectivity index (χ1n) is 7.80. The normalized spacial score (nSPS) is 24.1. The Morgan fingerprint density at radius 3 is 2.33 bits per heavy atom. The van der Waals surface area contributed by atoms with E-state index in [4.69, 9.17) is 4.74 Å². The molecule has 0 saturated carbocycles. The summed E-state index contributed by atoms with van der Waals surface area (Å²) in [6.07, 6.45) is 5.20. The molecule has 1 fully saturated rings. The lowest BCUT2D eigenvalue weighted by Gasteiger charge is -2.54. The first-order valence-corrected chi connectivity index (χ1v) is 7.80. The first kappa shape index (κ1) is 18.2. The molecule has 1 aliphatic rings. The minimum absolute atomic E-state index is 0.0797. The predicted molar refractivity (Wildman–Crippen MR) is 85.0 cm³/mol. The maximum Gasteiger partial charge on any atom is 0.330 e. The maximum absolute atomic E-state index is 11.3. The van der Waals surface area contributed by atoms with Crippen molar-refractivity contribution >= 4 is 5.97 Å². The highest BCUT2D eigenvalue weighted by Crippen LogP contribution is 2.41. The third-order valence-electron chi connectivity index (χ3n) is 4.72. The molecule has 1 N–H and O–H groups in total. The number of piperidine rings is 1. The van der Waals surface area contributed by atoms with Crippen molar-refractivity contribution in [2.75, 3.05) is 13.7 Å². The molecule has 0 radical (unpaired) electrons. The van der Waals surface area contributed by atoms with Gasteiger partial charge in [-0.25, -0.2) is 4.79 Å². The minimum atomic E-state index is -0.584. The van der Waals surface area contributed by atoms with Gasteiger partial charge < -0.3 is 9.84 Å². The van der Waals surface area contributed by atoms with E-state index in [9.17, 15) is 9.90 Å². The number of carbonyl (C=O) groups is 1. The summed E-state index contributed by atoms with van der Waals surface area (Å²) in [6, 6.07) is 0. The molecule has 0 amide bonds. The Balaban J connectivity index is 2.53. The van der Waals surface area contributed by atoms with Crippen LogP contribution in [0.2, 0.25) is 0 Å². The van der Waals surface area contributed by atoms with E-state index in [-0.39, 0.29) is 23.7 Å². The lowest BCUT2D eigenvalue weighted by molar-refractivity contribution is -0.141. The van der Waals surface area contributed by atoms with Crippen LogP contribution >= 0.6 is 0 Å². The Hall–Kier alpha value is -0.870. The molecule has 0 aliphatic carbocycles. The summed E-state index contributed by atoms with van der Waals surface area (Å²) in [6.45, 7) is 10.8. The molecule has 1 heterocycles. The second-order valence-electron chi connectivity index (χ2n) is 7.48. The van der Waals surface area contributed by atoms with Crippen molar-refractivity contribution in [3.8, 4) is 0 Å². The van der Waals surface area contributed by atoms with Gasteiger partial charge in [0.25, 0.3) is 0 Å². The third-order valence-corrected chi connectivity index (χ3v) is 4.72. The highest BCUT2D eigenvalue weighted by molar-refractivity contribution is 5.81. The second-order valence-corrected chi connectivity index (χ2v) is 7.48. The number of carbonyl (C=O) groups excluding carboxylic acids is 1. The summed E-state index contributed by atoms with van der Waals surface area (Å²) in [7, 11) is 2.17. The topological polar surface area (TPSA) is 49.8 Å². The highest BCUT2D eigenvalue weighted by atomic mass is 16.5. The molecule has 122 valence electrons. The van der Waals surface area contributed by atoms with E-state index in [0.717, 1.165) is 12.8 Å². The van der Waals surface area contributed by atoms with Crippen LogP contribution in [0.5, 0.6) is 0 Å². The monoisotopic (exact) mass is 297 g/mol. The molecule has 0 spiro atoms. The van der Waals surface area contributed by atoms with Gasteiger partial charge in [0.2, 0.25) is 0 Å². The van der Waals surface area contributed by atoms with Crippen LogP contribution < -0.4 is 0 Å². The fourth-order valence-corrected chi connectivity index (χ4v) is 3.56. The predicted octanol–water partition coefficient (Wildman–Crippen LogP) is 2.76. The Morgan fingerprint density at radius 2 is 1.86 bits per heavy atom. The summed E-state index contributed by atoms with van der Waals surface area (Å²) < 4.78 is 5.02. The van der Waals surface area contributed by atoms with Gasteiger partial charge in [-0.3, -0.25) is 4.90 Å². The number of esters is 1. The van der Waals surface area contributed by atoms with Crippen LogP contribution in [-0.4, -0.2) is 46.8 Å². The van der Waals surface area contributed by atoms with Crippen molar-refractivity contribution in [2.45, 2.75) is 71.1 Å². The number of hydrogen-bond donors (Lipinski definition) is 1. The molecule has 0 aromatic rings. The van der Waals surface area contributed by atoms with Crippen LogP contribution in [0.25, 0.3) is 0 Å². The van der Waals surface area contributed by atoms with Crippen molar-refractivity contribution in [1.29, 1.82) is 0 Å². The largest absolute Gasteiger partial charge is 0.460 e. The number of aliphatic hydroxyl groups is 1. The molecular weight excluding hydrogens is 266 g/mol.